The summed E-state index contributed by atoms with van der Waals surface area (Å²) in [5.41, 5.74) is 6.82. The normalized spacial score (nSPS) is 14.0. The number of carbonyl (C=O) groups is 1. The highest BCUT2D eigenvalue weighted by Gasteiger charge is 2.33. The van der Waals surface area contributed by atoms with Crippen molar-refractivity contribution in [3.63, 3.8) is 0 Å². The molecule has 2 aliphatic rings. The van der Waals surface area contributed by atoms with Crippen LogP contribution in [0.25, 0.3) is 11.3 Å². The summed E-state index contributed by atoms with van der Waals surface area (Å²) in [4.78, 5) is 31.8. The summed E-state index contributed by atoms with van der Waals surface area (Å²) in [6.45, 7) is 1.59. The third kappa shape index (κ3) is 6.15. The number of nitrogens with zero attached hydrogens (tertiary/aromatic N) is 5. The van der Waals surface area contributed by atoms with E-state index in [2.05, 4.69) is 20.5 Å². The zero-order chi connectivity index (χ0) is 32.5. The van der Waals surface area contributed by atoms with Crippen molar-refractivity contribution in [3.8, 4) is 17.0 Å². The van der Waals surface area contributed by atoms with Crippen LogP contribution in [0.3, 0.4) is 0 Å². The first-order valence-electron chi connectivity index (χ1n) is 15.4. The monoisotopic (exact) mass is 627 g/mol. The summed E-state index contributed by atoms with van der Waals surface area (Å²) in [7, 11) is 5.68. The van der Waals surface area contributed by atoms with Gasteiger partial charge in [-0.15, -0.1) is 0 Å². The highest BCUT2D eigenvalue weighted by atomic mass is 19.1. The van der Waals surface area contributed by atoms with Gasteiger partial charge < -0.3 is 25.2 Å². The average molecular weight is 628 g/mol. The molecule has 0 unspecified atom stereocenters. The third-order valence-electron chi connectivity index (χ3n) is 8.53. The quantitative estimate of drug-likeness (QED) is 0.202. The Morgan fingerprint density at radius 2 is 1.62 bits per heavy atom. The van der Waals surface area contributed by atoms with Crippen LogP contribution in [-0.4, -0.2) is 71.7 Å². The average Bonchev–Trinajstić information content (AvgIpc) is 3.21. The Hall–Kier alpha value is -5.61. The molecule has 0 atom stereocenters. The molecule has 0 aliphatic carbocycles. The highest BCUT2D eigenvalue weighted by molar-refractivity contribution is 6.18. The molecule has 2 aliphatic heterocycles. The lowest BCUT2D eigenvalue weighted by atomic mass is 9.92. The second kappa shape index (κ2) is 12.6. The van der Waals surface area contributed by atoms with Crippen molar-refractivity contribution in [1.29, 1.82) is 0 Å². The number of aliphatic imine (C=N–C) groups is 1. The third-order valence-corrected chi connectivity index (χ3v) is 8.53. The zero-order valence-corrected chi connectivity index (χ0v) is 26.4. The van der Waals surface area contributed by atoms with Crippen molar-refractivity contribution in [2.45, 2.75) is 12.6 Å². The van der Waals surface area contributed by atoms with E-state index >= 15 is 4.39 Å². The summed E-state index contributed by atoms with van der Waals surface area (Å²) < 4.78 is 20.5. The zero-order valence-electron chi connectivity index (χ0n) is 26.4. The number of likely N-dealkylation sites (tertiary alicyclic amines) is 1. The highest BCUT2D eigenvalue weighted by Crippen LogP contribution is 2.34. The number of hydrogen-bond acceptors (Lipinski definition) is 8. The van der Waals surface area contributed by atoms with Crippen LogP contribution in [0.2, 0.25) is 0 Å². The van der Waals surface area contributed by atoms with E-state index in [1.807, 2.05) is 85.7 Å². The fourth-order valence-corrected chi connectivity index (χ4v) is 5.83. The lowest BCUT2D eigenvalue weighted by Gasteiger charge is -2.42. The van der Waals surface area contributed by atoms with Crippen molar-refractivity contribution in [2.75, 3.05) is 44.9 Å². The molecule has 3 heterocycles. The fourth-order valence-electron chi connectivity index (χ4n) is 5.83. The molecule has 236 valence electrons. The van der Waals surface area contributed by atoms with E-state index in [0.717, 1.165) is 33.9 Å². The number of nitrogens with one attached hydrogen (secondary N) is 2. The Morgan fingerprint density at radius 3 is 2.38 bits per heavy atom. The van der Waals surface area contributed by atoms with Crippen LogP contribution in [0.4, 0.5) is 27.4 Å². The van der Waals surface area contributed by atoms with Crippen molar-refractivity contribution in [2.24, 2.45) is 4.99 Å². The summed E-state index contributed by atoms with van der Waals surface area (Å²) in [5, 5.41) is 6.73. The van der Waals surface area contributed by atoms with Gasteiger partial charge in [-0.25, -0.2) is 14.4 Å². The van der Waals surface area contributed by atoms with Crippen LogP contribution in [0, 0.1) is 5.82 Å². The van der Waals surface area contributed by atoms with E-state index in [9.17, 15) is 4.79 Å². The maximum atomic E-state index is 15.2. The number of likely N-dealkylation sites (N-methyl/N-ethyl adjacent to an activating group) is 1. The first-order valence-corrected chi connectivity index (χ1v) is 15.4. The van der Waals surface area contributed by atoms with Crippen LogP contribution < -0.4 is 15.4 Å². The van der Waals surface area contributed by atoms with E-state index < -0.39 is 0 Å². The van der Waals surface area contributed by atoms with Gasteiger partial charge in [0.15, 0.2) is 0 Å². The number of anilines is 4. The van der Waals surface area contributed by atoms with Gasteiger partial charge in [-0.2, -0.15) is 0 Å². The second-order valence-electron chi connectivity index (χ2n) is 11.9. The minimum Gasteiger partial charge on any atom is -0.497 e. The lowest BCUT2D eigenvalue weighted by Crippen LogP contribution is -2.59. The molecule has 9 nitrogen and oxygen atoms in total. The molecule has 10 heteroatoms. The molecule has 0 saturated carbocycles. The number of rotatable bonds is 8. The number of benzene rings is 4. The summed E-state index contributed by atoms with van der Waals surface area (Å²) >= 11 is 0. The molecule has 1 aromatic heterocycles. The molecule has 1 saturated heterocycles. The van der Waals surface area contributed by atoms with Crippen molar-refractivity contribution >= 4 is 34.6 Å². The van der Waals surface area contributed by atoms with Crippen molar-refractivity contribution in [3.05, 3.63) is 125 Å². The number of halogens is 1. The molecule has 1 fully saturated rings. The molecule has 1 amide bonds. The molecule has 5 aromatic rings. The molecule has 7 rings (SSSR count). The van der Waals surface area contributed by atoms with Crippen LogP contribution in [0.15, 0.2) is 102 Å². The topological polar surface area (TPSA) is 95.0 Å². The van der Waals surface area contributed by atoms with Gasteiger partial charge >= 0.3 is 0 Å². The summed E-state index contributed by atoms with van der Waals surface area (Å²) in [6.07, 6.45) is 1.75. The SMILES string of the molecule is COc1cccc(Nc2cccc(Nc3ncc4c(n3)-c3ccc(C(=O)N5CC(N(C)C)C5)cc3C(c3ccccc3F)=NC4)c2)c1. The number of amides is 1. The second-order valence-corrected chi connectivity index (χ2v) is 11.9. The Labute approximate surface area is 272 Å². The van der Waals surface area contributed by atoms with Gasteiger partial charge in [0.1, 0.15) is 11.6 Å². The van der Waals surface area contributed by atoms with Crippen LogP contribution in [0.5, 0.6) is 5.75 Å². The summed E-state index contributed by atoms with van der Waals surface area (Å²) in [5.74, 6) is 0.723. The fraction of sp³-hybridized carbons (Fsp3) is 0.189. The van der Waals surface area contributed by atoms with Gasteiger partial charge in [-0.3, -0.25) is 9.79 Å². The van der Waals surface area contributed by atoms with E-state index in [1.54, 1.807) is 31.5 Å². The Bertz CT molecular complexity index is 2010. The first kappa shape index (κ1) is 30.1. The molecule has 0 spiro atoms. The van der Waals surface area contributed by atoms with Gasteiger partial charge in [0.05, 0.1) is 25.1 Å². The minimum absolute atomic E-state index is 0.0595. The Morgan fingerprint density at radius 1 is 0.872 bits per heavy atom. The molecular formula is C37H34FN7O2. The molecular weight excluding hydrogens is 593 g/mol. The predicted octanol–water partition coefficient (Wildman–Crippen LogP) is 6.52. The van der Waals surface area contributed by atoms with Crippen LogP contribution in [0.1, 0.15) is 27.0 Å². The molecule has 47 heavy (non-hydrogen) atoms. The smallest absolute Gasteiger partial charge is 0.253 e. The standard InChI is InChI=1S/C37H34FN7O2/c1-44(2)28-21-45(22-28)36(46)23-14-15-30-32(16-23)35(31-12-4-5-13-33(31)38)39-19-24-20-40-37(43-34(24)30)42-26-9-6-8-25(17-26)41-27-10-7-11-29(18-27)47-3/h4-18,20,28,41H,19,21-22H2,1-3H3,(H,40,42,43). The number of hydrogen-bond donors (Lipinski definition) is 2. The molecule has 4 aromatic carbocycles. The lowest BCUT2D eigenvalue weighted by molar-refractivity contribution is 0.0399. The molecule has 2 N–H and O–H groups in total. The Kier molecular flexibility index (Phi) is 8.09. The maximum absolute atomic E-state index is 15.2. The number of ether oxygens (including phenoxy) is 1. The molecule has 0 radical (unpaired) electrons. The largest absolute Gasteiger partial charge is 0.497 e. The predicted molar refractivity (Wildman–Crippen MR) is 183 cm³/mol. The van der Waals surface area contributed by atoms with Crippen LogP contribution in [-0.2, 0) is 6.54 Å². The van der Waals surface area contributed by atoms with Crippen LogP contribution >= 0.6 is 0 Å². The van der Waals surface area contributed by atoms with Gasteiger partial charge in [0.25, 0.3) is 5.91 Å². The molecule has 0 bridgehead atoms. The van der Waals surface area contributed by atoms with E-state index in [4.69, 9.17) is 14.7 Å². The van der Waals surface area contributed by atoms with Crippen molar-refractivity contribution < 1.29 is 13.9 Å². The van der Waals surface area contributed by atoms with Gasteiger partial charge in [-0.05, 0) is 68.7 Å². The first-order chi connectivity index (χ1) is 22.9. The number of aromatic nitrogens is 2. The van der Waals surface area contributed by atoms with Crippen molar-refractivity contribution in [1.82, 2.24) is 19.8 Å². The van der Waals surface area contributed by atoms with E-state index in [0.29, 0.717) is 53.2 Å². The summed E-state index contributed by atoms with van der Waals surface area (Å²) in [6, 6.07) is 28.0. The number of methoxy groups -OCH3 is 1. The van der Waals surface area contributed by atoms with Gasteiger partial charge in [0.2, 0.25) is 5.95 Å². The minimum atomic E-state index is -0.382. The maximum Gasteiger partial charge on any atom is 0.253 e. The van der Waals surface area contributed by atoms with E-state index in [1.165, 1.54) is 6.07 Å². The number of carbonyl (C=O) groups excluding carboxylic acids is 1. The Balaban J connectivity index is 1.22. The number of fused-ring (bicyclic) bond motifs is 3. The van der Waals surface area contributed by atoms with Gasteiger partial charge in [-0.1, -0.05) is 30.3 Å². The van der Waals surface area contributed by atoms with E-state index in [-0.39, 0.29) is 18.3 Å². The van der Waals surface area contributed by atoms with Gasteiger partial charge in [0, 0.05) is 76.3 Å².